The van der Waals surface area contributed by atoms with Gasteiger partial charge in [-0.3, -0.25) is 0 Å². The van der Waals surface area contributed by atoms with E-state index in [1.807, 2.05) is 0 Å². The number of aromatic carboxylic acids is 1. The minimum absolute atomic E-state index is 0.0628. The summed E-state index contributed by atoms with van der Waals surface area (Å²) in [7, 11) is -1.39. The number of carboxylic acid groups (broad SMARTS) is 1. The molecule has 0 saturated heterocycles. The Morgan fingerprint density at radius 2 is 1.90 bits per heavy atom. The smallest absolute Gasteiger partial charge is 0.337 e. The van der Waals surface area contributed by atoms with Gasteiger partial charge >= 0.3 is 5.97 Å². The Bertz CT molecular complexity index is 630. The molecule has 0 spiro atoms. The Hall–Kier alpha value is -0.900. The maximum absolute atomic E-state index is 12.2. The van der Waals surface area contributed by atoms with E-state index in [0.717, 1.165) is 12.1 Å². The van der Waals surface area contributed by atoms with E-state index >= 15 is 0 Å². The number of rotatable bonds is 7. The topological polar surface area (TPSA) is 102 Å². The molecule has 0 aromatic heterocycles. The second kappa shape index (κ2) is 7.39. The van der Waals surface area contributed by atoms with Crippen LogP contribution in [0.4, 0.5) is 0 Å². The summed E-state index contributed by atoms with van der Waals surface area (Å²) in [6, 6.07) is 2.13. The summed E-state index contributed by atoms with van der Waals surface area (Å²) in [5, 5.41) is 8.49. The fourth-order valence-corrected chi connectivity index (χ4v) is 3.35. The summed E-state index contributed by atoms with van der Waals surface area (Å²) in [4.78, 5) is 10.6. The summed E-state index contributed by atoms with van der Waals surface area (Å²) < 4.78 is 36.2. The Morgan fingerprint density at radius 1 is 1.33 bits per heavy atom. The molecular weight excluding hydrogens is 345 g/mol. The van der Waals surface area contributed by atoms with Crippen molar-refractivity contribution in [2.75, 3.05) is 20.8 Å². The van der Waals surface area contributed by atoms with Gasteiger partial charge in [0.05, 0.1) is 17.1 Å². The fraction of sp³-hybridized carbons (Fsp3) is 0.364. The number of sulfonamides is 1. The first-order valence-corrected chi connectivity index (χ1v) is 7.74. The Labute approximate surface area is 131 Å². The molecule has 0 heterocycles. The zero-order chi connectivity index (χ0) is 16.2. The zero-order valence-corrected chi connectivity index (χ0v) is 13.4. The predicted octanol–water partition coefficient (Wildman–Crippen LogP) is 1.59. The molecule has 0 amide bonds. The molecule has 7 nitrogen and oxygen atoms in total. The van der Waals surface area contributed by atoms with Gasteiger partial charge in [-0.05, 0) is 12.1 Å². The van der Waals surface area contributed by atoms with Gasteiger partial charge in [0.25, 0.3) is 0 Å². The molecule has 2 N–H and O–H groups in total. The summed E-state index contributed by atoms with van der Waals surface area (Å²) >= 11 is 11.5. The summed E-state index contributed by atoms with van der Waals surface area (Å²) in [6.45, 7) is -0.180. The highest BCUT2D eigenvalue weighted by molar-refractivity contribution is 7.89. The molecule has 0 aliphatic carbocycles. The van der Waals surface area contributed by atoms with Gasteiger partial charge in [0, 0.05) is 19.2 Å². The van der Waals surface area contributed by atoms with Crippen molar-refractivity contribution in [3.8, 4) is 0 Å². The lowest BCUT2D eigenvalue weighted by atomic mass is 10.2. The van der Waals surface area contributed by atoms with Crippen molar-refractivity contribution in [2.24, 2.45) is 0 Å². The van der Waals surface area contributed by atoms with E-state index in [2.05, 4.69) is 4.72 Å². The van der Waals surface area contributed by atoms with Crippen LogP contribution in [0.1, 0.15) is 10.4 Å². The molecule has 1 aromatic carbocycles. The van der Waals surface area contributed by atoms with Crippen molar-refractivity contribution in [3.63, 3.8) is 0 Å². The van der Waals surface area contributed by atoms with Crippen molar-refractivity contribution in [2.45, 2.75) is 11.2 Å². The summed E-state index contributed by atoms with van der Waals surface area (Å²) in [5.74, 6) is -1.38. The number of hydrogen-bond acceptors (Lipinski definition) is 5. The summed E-state index contributed by atoms with van der Waals surface area (Å²) in [6.07, 6.45) is -0.795. The minimum atomic E-state index is -4.07. The Kier molecular flexibility index (Phi) is 6.39. The van der Waals surface area contributed by atoms with Crippen molar-refractivity contribution in [1.29, 1.82) is 0 Å². The summed E-state index contributed by atoms with van der Waals surface area (Å²) in [5.41, 5.74) is -0.403. The molecule has 0 aliphatic heterocycles. The van der Waals surface area contributed by atoms with Crippen molar-refractivity contribution in [1.82, 2.24) is 4.72 Å². The van der Waals surface area contributed by atoms with Gasteiger partial charge in [-0.15, -0.1) is 0 Å². The first-order chi connectivity index (χ1) is 9.72. The van der Waals surface area contributed by atoms with Crippen LogP contribution in [0.25, 0.3) is 0 Å². The quantitative estimate of drug-likeness (QED) is 0.718. The average Bonchev–Trinajstić information content (AvgIpc) is 2.41. The van der Waals surface area contributed by atoms with Gasteiger partial charge in [-0.2, -0.15) is 0 Å². The zero-order valence-electron chi connectivity index (χ0n) is 11.1. The molecule has 0 saturated carbocycles. The van der Waals surface area contributed by atoms with E-state index in [-0.39, 0.29) is 11.6 Å². The van der Waals surface area contributed by atoms with Crippen LogP contribution < -0.4 is 4.72 Å². The highest BCUT2D eigenvalue weighted by atomic mass is 35.5. The first-order valence-electron chi connectivity index (χ1n) is 5.50. The number of benzene rings is 1. The second-order valence-electron chi connectivity index (χ2n) is 3.82. The molecule has 118 valence electrons. The molecule has 21 heavy (non-hydrogen) atoms. The van der Waals surface area contributed by atoms with E-state index < -0.39 is 37.8 Å². The number of nitrogens with one attached hydrogen (secondary N) is 1. The van der Waals surface area contributed by atoms with Crippen LogP contribution in [0.3, 0.4) is 0 Å². The lowest BCUT2D eigenvalue weighted by Crippen LogP contribution is -2.34. The van der Waals surface area contributed by atoms with Gasteiger partial charge in [0.1, 0.15) is 4.90 Å². The van der Waals surface area contributed by atoms with Gasteiger partial charge in [0.15, 0.2) is 6.29 Å². The largest absolute Gasteiger partial charge is 0.478 e. The normalized spacial score (nSPS) is 11.9. The first kappa shape index (κ1) is 18.1. The number of ether oxygens (including phenoxy) is 2. The molecule has 1 rings (SSSR count). The van der Waals surface area contributed by atoms with Gasteiger partial charge in [0.2, 0.25) is 10.0 Å². The molecule has 10 heteroatoms. The Morgan fingerprint density at radius 3 is 2.38 bits per heavy atom. The van der Waals surface area contributed by atoms with Crippen molar-refractivity contribution < 1.29 is 27.8 Å². The van der Waals surface area contributed by atoms with Crippen molar-refractivity contribution in [3.05, 3.63) is 27.7 Å². The van der Waals surface area contributed by atoms with Crippen molar-refractivity contribution >= 4 is 39.2 Å². The van der Waals surface area contributed by atoms with E-state index in [4.69, 9.17) is 37.8 Å². The van der Waals surface area contributed by atoms with Gasteiger partial charge < -0.3 is 14.6 Å². The third kappa shape index (κ3) is 4.53. The number of halogens is 2. The Balaban J connectivity index is 3.17. The molecular formula is C11H13Cl2NO6S. The molecule has 0 bridgehead atoms. The molecule has 0 fully saturated rings. The lowest BCUT2D eigenvalue weighted by molar-refractivity contribution is -0.0960. The number of carboxylic acids is 1. The van der Waals surface area contributed by atoms with Crippen LogP contribution in [0.15, 0.2) is 17.0 Å². The molecule has 0 aliphatic rings. The lowest BCUT2D eigenvalue weighted by Gasteiger charge is -2.15. The van der Waals surface area contributed by atoms with E-state index in [1.54, 1.807) is 0 Å². The van der Waals surface area contributed by atoms with Crippen LogP contribution in [0, 0.1) is 0 Å². The van der Waals surface area contributed by atoms with Crippen LogP contribution >= 0.6 is 23.2 Å². The molecule has 0 radical (unpaired) electrons. The molecule has 1 aromatic rings. The average molecular weight is 358 g/mol. The van der Waals surface area contributed by atoms with Gasteiger partial charge in [-0.1, -0.05) is 23.2 Å². The minimum Gasteiger partial charge on any atom is -0.478 e. The predicted molar refractivity (Wildman–Crippen MR) is 76.4 cm³/mol. The molecule has 0 unspecified atom stereocenters. The van der Waals surface area contributed by atoms with E-state index in [9.17, 15) is 13.2 Å². The van der Waals surface area contributed by atoms with Crippen LogP contribution in [0.5, 0.6) is 0 Å². The number of hydrogen-bond donors (Lipinski definition) is 2. The van der Waals surface area contributed by atoms with Crippen LogP contribution in [-0.2, 0) is 19.5 Å². The number of methoxy groups -OCH3 is 2. The van der Waals surface area contributed by atoms with E-state index in [0.29, 0.717) is 0 Å². The van der Waals surface area contributed by atoms with Gasteiger partial charge in [-0.25, -0.2) is 17.9 Å². The van der Waals surface area contributed by atoms with E-state index in [1.165, 1.54) is 14.2 Å². The highest BCUT2D eigenvalue weighted by Gasteiger charge is 2.24. The van der Waals surface area contributed by atoms with Crippen LogP contribution in [0.2, 0.25) is 10.0 Å². The second-order valence-corrected chi connectivity index (χ2v) is 6.37. The fourth-order valence-electron chi connectivity index (χ4n) is 1.43. The third-order valence-corrected chi connectivity index (χ3v) is 4.67. The molecule has 0 atom stereocenters. The van der Waals surface area contributed by atoms with Crippen LogP contribution in [-0.4, -0.2) is 46.5 Å². The monoisotopic (exact) mass is 357 g/mol. The maximum Gasteiger partial charge on any atom is 0.337 e. The standard InChI is InChI=1S/C11H13Cl2NO6S/c1-19-9(20-2)5-14-21(17,18)8-4-6(12)3-7(10(8)13)11(15)16/h3-4,9,14H,5H2,1-2H3,(H,15,16). The SMILES string of the molecule is COC(CNS(=O)(=O)c1cc(Cl)cc(C(=O)O)c1Cl)OC. The third-order valence-electron chi connectivity index (χ3n) is 2.49. The maximum atomic E-state index is 12.2. The highest BCUT2D eigenvalue weighted by Crippen LogP contribution is 2.29. The number of carbonyl (C=O) groups is 1.